The van der Waals surface area contributed by atoms with E-state index in [1.54, 1.807) is 18.2 Å². The maximum atomic E-state index is 11.9. The first-order chi connectivity index (χ1) is 8.27. The number of hydrogen-bond donors (Lipinski definition) is 1. The standard InChI is InChI=1S/C12H8N2O2S/c15-12-8-4-1-2-5-9(8)13-11(14(12)16)10-6-3-7-17-10/h1-7,16H. The SMILES string of the molecule is O=c1c2ccccc2nc(-c2cccs2)n1O. The van der Waals surface area contributed by atoms with Gasteiger partial charge in [-0.3, -0.25) is 4.79 Å². The molecule has 2 heterocycles. The summed E-state index contributed by atoms with van der Waals surface area (Å²) in [4.78, 5) is 17.0. The Morgan fingerprint density at radius 2 is 2.00 bits per heavy atom. The molecule has 0 unspecified atom stereocenters. The van der Waals surface area contributed by atoms with E-state index in [0.29, 0.717) is 15.6 Å². The van der Waals surface area contributed by atoms with Gasteiger partial charge in [0.15, 0.2) is 5.82 Å². The zero-order chi connectivity index (χ0) is 11.8. The zero-order valence-electron chi connectivity index (χ0n) is 8.70. The predicted octanol–water partition coefficient (Wildman–Crippen LogP) is 2.36. The molecule has 4 nitrogen and oxygen atoms in total. The Hall–Kier alpha value is -2.14. The first kappa shape index (κ1) is 10.0. The van der Waals surface area contributed by atoms with Crippen LogP contribution in [0.15, 0.2) is 46.6 Å². The first-order valence-electron chi connectivity index (χ1n) is 5.02. The molecule has 84 valence electrons. The fraction of sp³-hybridized carbons (Fsp3) is 0. The number of fused-ring (bicyclic) bond motifs is 1. The van der Waals surface area contributed by atoms with Gasteiger partial charge in [0.05, 0.1) is 15.8 Å². The van der Waals surface area contributed by atoms with Crippen molar-refractivity contribution in [2.75, 3.05) is 0 Å². The molecule has 1 aromatic carbocycles. The molecule has 0 atom stereocenters. The van der Waals surface area contributed by atoms with Gasteiger partial charge in [0.2, 0.25) is 0 Å². The van der Waals surface area contributed by atoms with Crippen LogP contribution in [0.5, 0.6) is 0 Å². The molecule has 17 heavy (non-hydrogen) atoms. The van der Waals surface area contributed by atoms with Crippen LogP contribution in [0.2, 0.25) is 0 Å². The van der Waals surface area contributed by atoms with Crippen molar-refractivity contribution in [2.24, 2.45) is 0 Å². The molecule has 2 aromatic heterocycles. The molecule has 0 spiro atoms. The van der Waals surface area contributed by atoms with Crippen LogP contribution in [-0.2, 0) is 0 Å². The van der Waals surface area contributed by atoms with Crippen LogP contribution in [0, 0.1) is 0 Å². The topological polar surface area (TPSA) is 55.1 Å². The van der Waals surface area contributed by atoms with E-state index < -0.39 is 5.56 Å². The van der Waals surface area contributed by atoms with E-state index >= 15 is 0 Å². The van der Waals surface area contributed by atoms with E-state index in [9.17, 15) is 10.0 Å². The third kappa shape index (κ3) is 1.52. The fourth-order valence-electron chi connectivity index (χ4n) is 1.69. The molecule has 1 N–H and O–H groups in total. The van der Waals surface area contributed by atoms with Crippen molar-refractivity contribution in [1.29, 1.82) is 0 Å². The highest BCUT2D eigenvalue weighted by Crippen LogP contribution is 2.22. The van der Waals surface area contributed by atoms with Gasteiger partial charge in [0, 0.05) is 0 Å². The second-order valence-corrected chi connectivity index (χ2v) is 4.49. The quantitative estimate of drug-likeness (QED) is 0.668. The molecular formula is C12H8N2O2S. The average Bonchev–Trinajstić information content (AvgIpc) is 2.87. The number of para-hydroxylation sites is 1. The molecule has 0 saturated heterocycles. The van der Waals surface area contributed by atoms with Crippen LogP contribution >= 0.6 is 11.3 Å². The summed E-state index contributed by atoms with van der Waals surface area (Å²) in [5.41, 5.74) is 0.144. The lowest BCUT2D eigenvalue weighted by Gasteiger charge is -2.05. The second-order valence-electron chi connectivity index (χ2n) is 3.55. The van der Waals surface area contributed by atoms with Gasteiger partial charge >= 0.3 is 0 Å². The van der Waals surface area contributed by atoms with E-state index in [2.05, 4.69) is 4.98 Å². The van der Waals surface area contributed by atoms with Crippen LogP contribution in [-0.4, -0.2) is 14.9 Å². The smallest absolute Gasteiger partial charge is 0.294 e. The van der Waals surface area contributed by atoms with Crippen molar-refractivity contribution in [1.82, 2.24) is 9.71 Å². The minimum absolute atomic E-state index is 0.281. The highest BCUT2D eigenvalue weighted by molar-refractivity contribution is 7.13. The minimum atomic E-state index is -0.445. The number of benzene rings is 1. The predicted molar refractivity (Wildman–Crippen MR) is 66.5 cm³/mol. The molecule has 0 aliphatic rings. The molecule has 5 heteroatoms. The summed E-state index contributed by atoms with van der Waals surface area (Å²) in [6.45, 7) is 0. The summed E-state index contributed by atoms with van der Waals surface area (Å²) in [6, 6.07) is 10.6. The maximum Gasteiger partial charge on any atom is 0.294 e. The Labute approximate surface area is 100 Å². The van der Waals surface area contributed by atoms with E-state index in [-0.39, 0.29) is 5.82 Å². The van der Waals surface area contributed by atoms with E-state index in [0.717, 1.165) is 4.88 Å². The maximum absolute atomic E-state index is 11.9. The van der Waals surface area contributed by atoms with Gasteiger partial charge < -0.3 is 5.21 Å². The monoisotopic (exact) mass is 244 g/mol. The summed E-state index contributed by atoms with van der Waals surface area (Å²) in [5, 5.41) is 12.1. The Kier molecular flexibility index (Phi) is 2.19. The summed E-state index contributed by atoms with van der Waals surface area (Å²) in [5.74, 6) is 0.281. The van der Waals surface area contributed by atoms with Crippen LogP contribution < -0.4 is 5.56 Å². The summed E-state index contributed by atoms with van der Waals surface area (Å²) >= 11 is 1.43. The van der Waals surface area contributed by atoms with Crippen LogP contribution in [0.3, 0.4) is 0 Å². The summed E-state index contributed by atoms with van der Waals surface area (Å²) in [7, 11) is 0. The lowest BCUT2D eigenvalue weighted by molar-refractivity contribution is 0.179. The first-order valence-corrected chi connectivity index (χ1v) is 5.90. The number of hydrogen-bond acceptors (Lipinski definition) is 4. The van der Waals surface area contributed by atoms with Gasteiger partial charge in [0.25, 0.3) is 5.56 Å². The van der Waals surface area contributed by atoms with Crippen LogP contribution in [0.4, 0.5) is 0 Å². The van der Waals surface area contributed by atoms with Crippen molar-refractivity contribution in [3.05, 3.63) is 52.1 Å². The lowest BCUT2D eigenvalue weighted by atomic mass is 10.2. The normalized spacial score (nSPS) is 10.8. The lowest BCUT2D eigenvalue weighted by Crippen LogP contribution is -2.20. The Morgan fingerprint density at radius 3 is 2.76 bits per heavy atom. The van der Waals surface area contributed by atoms with Crippen molar-refractivity contribution >= 4 is 22.2 Å². The minimum Gasteiger partial charge on any atom is -0.423 e. The summed E-state index contributed by atoms with van der Waals surface area (Å²) < 4.78 is 0.605. The third-order valence-electron chi connectivity index (χ3n) is 2.50. The molecule has 0 bridgehead atoms. The van der Waals surface area contributed by atoms with Crippen molar-refractivity contribution in [3.8, 4) is 10.7 Å². The van der Waals surface area contributed by atoms with Crippen molar-refractivity contribution in [2.45, 2.75) is 0 Å². The highest BCUT2D eigenvalue weighted by Gasteiger charge is 2.11. The molecular weight excluding hydrogens is 236 g/mol. The van der Waals surface area contributed by atoms with Crippen LogP contribution in [0.1, 0.15) is 0 Å². The Balaban J connectivity index is 2.42. The van der Waals surface area contributed by atoms with E-state index in [1.165, 1.54) is 11.3 Å². The van der Waals surface area contributed by atoms with Gasteiger partial charge in [-0.2, -0.15) is 0 Å². The van der Waals surface area contributed by atoms with E-state index in [4.69, 9.17) is 0 Å². The number of aromatic nitrogens is 2. The van der Waals surface area contributed by atoms with Gasteiger partial charge in [0.1, 0.15) is 0 Å². The van der Waals surface area contributed by atoms with Crippen molar-refractivity contribution in [3.63, 3.8) is 0 Å². The Morgan fingerprint density at radius 1 is 1.18 bits per heavy atom. The van der Waals surface area contributed by atoms with Gasteiger partial charge in [-0.1, -0.05) is 18.2 Å². The molecule has 0 aliphatic heterocycles. The van der Waals surface area contributed by atoms with Gasteiger partial charge in [-0.15, -0.1) is 16.1 Å². The van der Waals surface area contributed by atoms with Crippen molar-refractivity contribution < 1.29 is 5.21 Å². The molecule has 0 saturated carbocycles. The van der Waals surface area contributed by atoms with Gasteiger partial charge in [-0.25, -0.2) is 4.98 Å². The molecule has 0 radical (unpaired) electrons. The largest absolute Gasteiger partial charge is 0.423 e. The zero-order valence-corrected chi connectivity index (χ0v) is 9.52. The molecule has 0 fully saturated rings. The fourth-order valence-corrected chi connectivity index (χ4v) is 2.39. The molecule has 0 aliphatic carbocycles. The number of rotatable bonds is 1. The second kappa shape index (κ2) is 3.71. The number of thiophene rings is 1. The average molecular weight is 244 g/mol. The molecule has 3 rings (SSSR count). The summed E-state index contributed by atoms with van der Waals surface area (Å²) in [6.07, 6.45) is 0. The molecule has 0 amide bonds. The molecule has 3 aromatic rings. The van der Waals surface area contributed by atoms with Crippen LogP contribution in [0.25, 0.3) is 21.6 Å². The van der Waals surface area contributed by atoms with E-state index in [1.807, 2.05) is 23.6 Å². The number of nitrogens with zero attached hydrogens (tertiary/aromatic N) is 2. The Bertz CT molecular complexity index is 732. The van der Waals surface area contributed by atoms with Gasteiger partial charge in [-0.05, 0) is 23.6 Å². The third-order valence-corrected chi connectivity index (χ3v) is 3.36. The highest BCUT2D eigenvalue weighted by atomic mass is 32.1.